The first kappa shape index (κ1) is 15.9. The second kappa shape index (κ2) is 6.26. The fourth-order valence-electron chi connectivity index (χ4n) is 3.45. The van der Waals surface area contributed by atoms with Gasteiger partial charge in [0.15, 0.2) is 0 Å². The number of carbonyl (C=O) groups excluding carboxylic acids is 1. The molecule has 1 fully saturated rings. The molecule has 4 heteroatoms. The molecule has 2 aromatic carbocycles. The van der Waals surface area contributed by atoms with Crippen LogP contribution in [0.2, 0.25) is 0 Å². The van der Waals surface area contributed by atoms with E-state index < -0.39 is 11.6 Å². The Labute approximate surface area is 135 Å². The van der Waals surface area contributed by atoms with E-state index in [1.54, 1.807) is 11.0 Å². The molecule has 0 saturated carbocycles. The van der Waals surface area contributed by atoms with Gasteiger partial charge in [-0.05, 0) is 42.9 Å². The smallest absolute Gasteiger partial charge is 0.254 e. The largest absolute Gasteiger partial charge is 0.339 e. The number of piperidine rings is 1. The van der Waals surface area contributed by atoms with Crippen molar-refractivity contribution in [1.29, 1.82) is 0 Å². The van der Waals surface area contributed by atoms with Gasteiger partial charge in [0.25, 0.3) is 5.91 Å². The number of fused-ring (bicyclic) bond motifs is 1. The monoisotopic (exact) mass is 317 g/mol. The molecule has 1 heterocycles. The third-order valence-corrected chi connectivity index (χ3v) is 4.94. The average Bonchev–Trinajstić information content (AvgIpc) is 2.55. The van der Waals surface area contributed by atoms with E-state index in [1.165, 1.54) is 24.3 Å². The van der Waals surface area contributed by atoms with E-state index in [4.69, 9.17) is 0 Å². The number of benzene rings is 2. The van der Waals surface area contributed by atoms with Gasteiger partial charge in [-0.15, -0.1) is 0 Å². The predicted molar refractivity (Wildman–Crippen MR) is 87.3 cm³/mol. The summed E-state index contributed by atoms with van der Waals surface area (Å²) in [7, 11) is 0. The Hall–Kier alpha value is -1.97. The first-order valence-electron chi connectivity index (χ1n) is 8.15. The summed E-state index contributed by atoms with van der Waals surface area (Å²) in [6.07, 6.45) is 1.97. The van der Waals surface area contributed by atoms with Crippen LogP contribution in [0.5, 0.6) is 0 Å². The number of nitrogens with zero attached hydrogens (tertiary/aromatic N) is 1. The van der Waals surface area contributed by atoms with Gasteiger partial charge in [0.2, 0.25) is 0 Å². The highest BCUT2D eigenvalue weighted by Gasteiger charge is 2.26. The first-order chi connectivity index (χ1) is 11.0. The Bertz CT molecular complexity index is 725. The molecule has 1 aliphatic heterocycles. The lowest BCUT2D eigenvalue weighted by Crippen LogP contribution is -2.39. The number of carbonyl (C=O) groups is 1. The number of likely N-dealkylation sites (tertiary alicyclic amines) is 1. The first-order valence-corrected chi connectivity index (χ1v) is 8.15. The van der Waals surface area contributed by atoms with Crippen molar-refractivity contribution in [2.24, 2.45) is 11.8 Å². The quantitative estimate of drug-likeness (QED) is 0.791. The van der Waals surface area contributed by atoms with Crippen molar-refractivity contribution in [1.82, 2.24) is 4.90 Å². The molecule has 2 nitrogen and oxygen atoms in total. The standard InChI is InChI=1S/C19H21F2NO/c1-12(2)13-8-10-22(11-9-13)19(23)15-6-7-17(21)18-14(15)4-3-5-16(18)20/h3-7,12-13H,8-11H2,1-2H3. The van der Waals surface area contributed by atoms with Crippen LogP contribution in [-0.4, -0.2) is 23.9 Å². The lowest BCUT2D eigenvalue weighted by molar-refractivity contribution is 0.0669. The van der Waals surface area contributed by atoms with E-state index in [9.17, 15) is 13.6 Å². The zero-order chi connectivity index (χ0) is 16.6. The van der Waals surface area contributed by atoms with Crippen molar-refractivity contribution < 1.29 is 13.6 Å². The minimum absolute atomic E-state index is 0.101. The van der Waals surface area contributed by atoms with Crippen molar-refractivity contribution in [2.75, 3.05) is 13.1 Å². The molecule has 0 bridgehead atoms. The van der Waals surface area contributed by atoms with Crippen LogP contribution in [0.1, 0.15) is 37.0 Å². The third kappa shape index (κ3) is 2.94. The second-order valence-corrected chi connectivity index (χ2v) is 6.63. The molecule has 0 aromatic heterocycles. The number of halogens is 2. The number of hydrogen-bond donors (Lipinski definition) is 0. The van der Waals surface area contributed by atoms with E-state index in [2.05, 4.69) is 13.8 Å². The van der Waals surface area contributed by atoms with Gasteiger partial charge in [0, 0.05) is 24.0 Å². The van der Waals surface area contributed by atoms with Crippen LogP contribution < -0.4 is 0 Å². The highest BCUT2D eigenvalue weighted by atomic mass is 19.1. The van der Waals surface area contributed by atoms with Crippen molar-refractivity contribution >= 4 is 16.7 Å². The molecule has 2 aromatic rings. The predicted octanol–water partition coefficient (Wildman–Crippen LogP) is 4.63. The number of amides is 1. The Balaban J connectivity index is 1.91. The van der Waals surface area contributed by atoms with Crippen LogP contribution >= 0.6 is 0 Å². The van der Waals surface area contributed by atoms with Gasteiger partial charge in [-0.25, -0.2) is 8.78 Å². The zero-order valence-electron chi connectivity index (χ0n) is 13.5. The molecule has 1 aliphatic rings. The SMILES string of the molecule is CC(C)C1CCN(C(=O)c2ccc(F)c3c(F)cccc23)CC1. The van der Waals surface area contributed by atoms with E-state index in [0.717, 1.165) is 12.8 Å². The van der Waals surface area contributed by atoms with Gasteiger partial charge in [0.1, 0.15) is 11.6 Å². The van der Waals surface area contributed by atoms with Crippen LogP contribution in [0.4, 0.5) is 8.78 Å². The molecule has 0 radical (unpaired) electrons. The third-order valence-electron chi connectivity index (χ3n) is 4.94. The minimum atomic E-state index is -0.631. The maximum Gasteiger partial charge on any atom is 0.254 e. The van der Waals surface area contributed by atoms with Crippen LogP contribution in [-0.2, 0) is 0 Å². The van der Waals surface area contributed by atoms with E-state index in [-0.39, 0.29) is 11.3 Å². The highest BCUT2D eigenvalue weighted by Crippen LogP contribution is 2.28. The topological polar surface area (TPSA) is 20.3 Å². The van der Waals surface area contributed by atoms with Crippen LogP contribution in [0, 0.1) is 23.5 Å². The molecule has 0 unspecified atom stereocenters. The van der Waals surface area contributed by atoms with Crippen molar-refractivity contribution in [3.8, 4) is 0 Å². The summed E-state index contributed by atoms with van der Waals surface area (Å²) < 4.78 is 27.8. The summed E-state index contributed by atoms with van der Waals surface area (Å²) in [6.45, 7) is 5.82. The molecular weight excluding hydrogens is 296 g/mol. The maximum atomic E-state index is 13.9. The summed E-state index contributed by atoms with van der Waals surface area (Å²) in [5.74, 6) is -0.140. The second-order valence-electron chi connectivity index (χ2n) is 6.63. The number of hydrogen-bond acceptors (Lipinski definition) is 1. The average molecular weight is 317 g/mol. The Kier molecular flexibility index (Phi) is 4.33. The van der Waals surface area contributed by atoms with Gasteiger partial charge in [-0.1, -0.05) is 26.0 Å². The Morgan fingerprint density at radius 1 is 1.09 bits per heavy atom. The summed E-state index contributed by atoms with van der Waals surface area (Å²) in [6, 6.07) is 6.98. The molecule has 1 amide bonds. The Morgan fingerprint density at radius 2 is 1.74 bits per heavy atom. The normalized spacial score (nSPS) is 16.3. The van der Waals surface area contributed by atoms with Crippen LogP contribution in [0.25, 0.3) is 10.8 Å². The van der Waals surface area contributed by atoms with Gasteiger partial charge in [0.05, 0.1) is 5.39 Å². The molecule has 3 rings (SSSR count). The maximum absolute atomic E-state index is 13.9. The number of rotatable bonds is 2. The van der Waals surface area contributed by atoms with E-state index in [0.29, 0.717) is 35.9 Å². The van der Waals surface area contributed by atoms with Gasteiger partial charge in [-0.3, -0.25) is 4.79 Å². The summed E-state index contributed by atoms with van der Waals surface area (Å²) in [4.78, 5) is 14.6. The molecule has 0 N–H and O–H groups in total. The molecule has 23 heavy (non-hydrogen) atoms. The van der Waals surface area contributed by atoms with Gasteiger partial charge in [-0.2, -0.15) is 0 Å². The van der Waals surface area contributed by atoms with Crippen molar-refractivity contribution in [3.05, 3.63) is 47.5 Å². The van der Waals surface area contributed by atoms with Crippen molar-refractivity contribution in [2.45, 2.75) is 26.7 Å². The molecular formula is C19H21F2NO. The lowest BCUT2D eigenvalue weighted by atomic mass is 9.86. The Morgan fingerprint density at radius 3 is 2.39 bits per heavy atom. The molecule has 1 saturated heterocycles. The molecule has 122 valence electrons. The molecule has 0 atom stereocenters. The zero-order valence-corrected chi connectivity index (χ0v) is 13.5. The molecule has 0 spiro atoms. The fraction of sp³-hybridized carbons (Fsp3) is 0.421. The lowest BCUT2D eigenvalue weighted by Gasteiger charge is -2.34. The van der Waals surface area contributed by atoms with E-state index in [1.807, 2.05) is 0 Å². The minimum Gasteiger partial charge on any atom is -0.339 e. The van der Waals surface area contributed by atoms with Crippen molar-refractivity contribution in [3.63, 3.8) is 0 Å². The highest BCUT2D eigenvalue weighted by molar-refractivity contribution is 6.07. The molecule has 0 aliphatic carbocycles. The van der Waals surface area contributed by atoms with E-state index >= 15 is 0 Å². The van der Waals surface area contributed by atoms with Crippen LogP contribution in [0.3, 0.4) is 0 Å². The summed E-state index contributed by atoms with van der Waals surface area (Å²) >= 11 is 0. The van der Waals surface area contributed by atoms with Gasteiger partial charge >= 0.3 is 0 Å². The summed E-state index contributed by atoms with van der Waals surface area (Å²) in [5, 5.41) is 0.247. The fourth-order valence-corrected chi connectivity index (χ4v) is 3.45. The summed E-state index contributed by atoms with van der Waals surface area (Å²) in [5.41, 5.74) is 0.379. The van der Waals surface area contributed by atoms with Gasteiger partial charge < -0.3 is 4.90 Å². The van der Waals surface area contributed by atoms with Crippen LogP contribution in [0.15, 0.2) is 30.3 Å².